The van der Waals surface area contributed by atoms with Gasteiger partial charge in [0.1, 0.15) is 4.90 Å². The summed E-state index contributed by atoms with van der Waals surface area (Å²) in [4.78, 5) is 4.10. The highest BCUT2D eigenvalue weighted by molar-refractivity contribution is 7.89. The summed E-state index contributed by atoms with van der Waals surface area (Å²) in [5.74, 6) is 0.900. The largest absolute Gasteiger partial charge is 0.340 e. The third-order valence-electron chi connectivity index (χ3n) is 3.24. The van der Waals surface area contributed by atoms with Crippen LogP contribution in [0.5, 0.6) is 0 Å². The van der Waals surface area contributed by atoms with Crippen molar-refractivity contribution in [1.82, 2.24) is 14.4 Å². The van der Waals surface area contributed by atoms with Crippen LogP contribution in [0.15, 0.2) is 27.6 Å². The molecule has 2 aromatic rings. The van der Waals surface area contributed by atoms with E-state index in [-0.39, 0.29) is 22.4 Å². The molecule has 0 fully saturated rings. The van der Waals surface area contributed by atoms with Crippen LogP contribution >= 0.6 is 11.6 Å². The fourth-order valence-corrected chi connectivity index (χ4v) is 3.57. The Balaban J connectivity index is 2.35. The van der Waals surface area contributed by atoms with Crippen LogP contribution in [0.25, 0.3) is 0 Å². The van der Waals surface area contributed by atoms with E-state index < -0.39 is 10.0 Å². The molecule has 0 bridgehead atoms. The molecule has 0 atom stereocenters. The second kappa shape index (κ2) is 6.36. The van der Waals surface area contributed by atoms with Gasteiger partial charge in [-0.15, -0.1) is 0 Å². The zero-order valence-electron chi connectivity index (χ0n) is 12.9. The van der Waals surface area contributed by atoms with Crippen LogP contribution in [-0.4, -0.2) is 29.9 Å². The van der Waals surface area contributed by atoms with Crippen molar-refractivity contribution >= 4 is 21.6 Å². The first-order valence-electron chi connectivity index (χ1n) is 6.76. The molecule has 1 heterocycles. The molecule has 120 valence electrons. The molecule has 22 heavy (non-hydrogen) atoms. The maximum absolute atomic E-state index is 12.7. The van der Waals surface area contributed by atoms with Crippen LogP contribution in [-0.2, 0) is 16.6 Å². The normalized spacial score (nSPS) is 12.3. The van der Waals surface area contributed by atoms with E-state index in [0.717, 1.165) is 9.87 Å². The minimum Gasteiger partial charge on any atom is -0.340 e. The Morgan fingerprint density at radius 3 is 2.59 bits per heavy atom. The maximum atomic E-state index is 12.7. The van der Waals surface area contributed by atoms with Gasteiger partial charge < -0.3 is 4.52 Å². The Morgan fingerprint density at radius 1 is 1.36 bits per heavy atom. The van der Waals surface area contributed by atoms with Gasteiger partial charge >= 0.3 is 0 Å². The van der Waals surface area contributed by atoms with E-state index in [1.54, 1.807) is 19.1 Å². The number of benzene rings is 1. The summed E-state index contributed by atoms with van der Waals surface area (Å²) >= 11 is 6.08. The first-order valence-corrected chi connectivity index (χ1v) is 8.58. The van der Waals surface area contributed by atoms with Crippen molar-refractivity contribution in [2.45, 2.75) is 38.1 Å². The third kappa shape index (κ3) is 3.48. The number of rotatable bonds is 5. The summed E-state index contributed by atoms with van der Waals surface area (Å²) in [7, 11) is -2.28. The second-order valence-corrected chi connectivity index (χ2v) is 7.76. The molecular weight excluding hydrogens is 326 g/mol. The summed E-state index contributed by atoms with van der Waals surface area (Å²) in [6.07, 6.45) is 0. The Kier molecular flexibility index (Phi) is 4.89. The molecule has 2 rings (SSSR count). The molecule has 0 aliphatic heterocycles. The van der Waals surface area contributed by atoms with Gasteiger partial charge in [-0.1, -0.05) is 36.7 Å². The topological polar surface area (TPSA) is 76.3 Å². The highest BCUT2D eigenvalue weighted by Crippen LogP contribution is 2.28. The van der Waals surface area contributed by atoms with E-state index in [1.165, 1.54) is 7.05 Å². The molecule has 6 nitrogen and oxygen atoms in total. The Labute approximate surface area is 135 Å². The molecular formula is C14H18ClN3O3S. The van der Waals surface area contributed by atoms with Crippen LogP contribution in [0.2, 0.25) is 5.02 Å². The number of aryl methyl sites for hydroxylation is 1. The van der Waals surface area contributed by atoms with Gasteiger partial charge in [-0.2, -0.15) is 9.29 Å². The van der Waals surface area contributed by atoms with Crippen molar-refractivity contribution in [3.8, 4) is 0 Å². The van der Waals surface area contributed by atoms with Gasteiger partial charge in [-0.05, 0) is 23.6 Å². The number of hydrogen-bond acceptors (Lipinski definition) is 5. The van der Waals surface area contributed by atoms with Gasteiger partial charge in [0, 0.05) is 14.0 Å². The molecule has 0 N–H and O–H groups in total. The highest BCUT2D eigenvalue weighted by Gasteiger charge is 2.25. The smallest absolute Gasteiger partial charge is 0.244 e. The lowest BCUT2D eigenvalue weighted by Crippen LogP contribution is -2.27. The van der Waals surface area contributed by atoms with Crippen molar-refractivity contribution in [2.75, 3.05) is 7.05 Å². The summed E-state index contributed by atoms with van der Waals surface area (Å²) in [6, 6.07) is 5.05. The minimum atomic E-state index is -3.73. The molecule has 0 aliphatic rings. The quantitative estimate of drug-likeness (QED) is 0.834. The second-order valence-electron chi connectivity index (χ2n) is 5.34. The number of aromatic nitrogens is 2. The van der Waals surface area contributed by atoms with Crippen LogP contribution in [0.1, 0.15) is 37.0 Å². The molecule has 0 saturated heterocycles. The van der Waals surface area contributed by atoms with Crippen LogP contribution in [0.3, 0.4) is 0 Å². The van der Waals surface area contributed by atoms with E-state index in [0.29, 0.717) is 11.7 Å². The SMILES string of the molecule is Cc1nc(CN(C)S(=O)(=O)c2cc(C(C)C)ccc2Cl)no1. The van der Waals surface area contributed by atoms with E-state index >= 15 is 0 Å². The maximum Gasteiger partial charge on any atom is 0.244 e. The number of hydrogen-bond donors (Lipinski definition) is 0. The van der Waals surface area contributed by atoms with E-state index in [2.05, 4.69) is 10.1 Å². The van der Waals surface area contributed by atoms with Crippen molar-refractivity contribution in [2.24, 2.45) is 0 Å². The summed E-state index contributed by atoms with van der Waals surface area (Å²) in [5.41, 5.74) is 0.909. The van der Waals surface area contributed by atoms with Gasteiger partial charge in [-0.3, -0.25) is 0 Å². The van der Waals surface area contributed by atoms with E-state index in [1.807, 2.05) is 19.9 Å². The fourth-order valence-electron chi connectivity index (χ4n) is 1.93. The molecule has 8 heteroatoms. The van der Waals surface area contributed by atoms with Gasteiger partial charge in [0.25, 0.3) is 0 Å². The molecule has 1 aromatic carbocycles. The summed E-state index contributed by atoms with van der Waals surface area (Å²) < 4.78 is 31.4. The van der Waals surface area contributed by atoms with Crippen LogP contribution in [0.4, 0.5) is 0 Å². The Morgan fingerprint density at radius 2 is 2.05 bits per heavy atom. The monoisotopic (exact) mass is 343 g/mol. The van der Waals surface area contributed by atoms with Crippen molar-refractivity contribution < 1.29 is 12.9 Å². The van der Waals surface area contributed by atoms with Crippen molar-refractivity contribution in [3.63, 3.8) is 0 Å². The Bertz CT molecular complexity index is 771. The molecule has 0 aliphatic carbocycles. The third-order valence-corrected chi connectivity index (χ3v) is 5.53. The summed E-state index contributed by atoms with van der Waals surface area (Å²) in [5, 5.41) is 3.90. The van der Waals surface area contributed by atoms with Gasteiger partial charge in [0.15, 0.2) is 5.82 Å². The molecule has 0 radical (unpaired) electrons. The lowest BCUT2D eigenvalue weighted by atomic mass is 10.0. The minimum absolute atomic E-state index is 0.0158. The molecule has 0 spiro atoms. The first kappa shape index (κ1) is 16.9. The average molecular weight is 344 g/mol. The van der Waals surface area contributed by atoms with Gasteiger partial charge in [0.05, 0.1) is 11.6 Å². The van der Waals surface area contributed by atoms with Crippen molar-refractivity contribution in [1.29, 1.82) is 0 Å². The van der Waals surface area contributed by atoms with E-state index in [9.17, 15) is 8.42 Å². The first-order chi connectivity index (χ1) is 10.2. The zero-order valence-corrected chi connectivity index (χ0v) is 14.4. The van der Waals surface area contributed by atoms with Crippen LogP contribution < -0.4 is 0 Å². The van der Waals surface area contributed by atoms with Gasteiger partial charge in [-0.25, -0.2) is 8.42 Å². The lowest BCUT2D eigenvalue weighted by molar-refractivity contribution is 0.377. The predicted molar refractivity (Wildman–Crippen MR) is 83.2 cm³/mol. The molecule has 0 amide bonds. The number of sulfonamides is 1. The van der Waals surface area contributed by atoms with E-state index in [4.69, 9.17) is 16.1 Å². The molecule has 0 saturated carbocycles. The van der Waals surface area contributed by atoms with Gasteiger partial charge in [0.2, 0.25) is 15.9 Å². The standard InChI is InChI=1S/C14H18ClN3O3S/c1-9(2)11-5-6-12(15)13(7-11)22(19,20)18(4)8-14-16-10(3)21-17-14/h5-7,9H,8H2,1-4H3. The lowest BCUT2D eigenvalue weighted by Gasteiger charge is -2.17. The zero-order chi connectivity index (χ0) is 16.5. The van der Waals surface area contributed by atoms with Crippen molar-refractivity contribution in [3.05, 3.63) is 40.5 Å². The average Bonchev–Trinajstić information content (AvgIpc) is 2.84. The predicted octanol–water partition coefficient (Wildman–Crippen LogP) is 2.98. The number of nitrogens with zero attached hydrogens (tertiary/aromatic N) is 3. The molecule has 1 aromatic heterocycles. The number of halogens is 1. The summed E-state index contributed by atoms with van der Waals surface area (Å²) in [6.45, 7) is 5.65. The molecule has 0 unspecified atom stereocenters. The Hall–Kier alpha value is -1.44. The van der Waals surface area contributed by atoms with Crippen LogP contribution in [0, 0.1) is 6.92 Å². The fraction of sp³-hybridized carbons (Fsp3) is 0.429. The highest BCUT2D eigenvalue weighted by atomic mass is 35.5.